The number of carbonyl (C=O) groups excluding carboxylic acids is 2. The maximum Gasteiger partial charge on any atom is 0.265 e. The van der Waals surface area contributed by atoms with Crippen molar-refractivity contribution in [2.75, 3.05) is 31.5 Å². The van der Waals surface area contributed by atoms with E-state index in [4.69, 9.17) is 0 Å². The first-order valence-corrected chi connectivity index (χ1v) is 10.5. The molecule has 1 fully saturated rings. The first kappa shape index (κ1) is 19.3. The number of aromatic nitrogens is 1. The average Bonchev–Trinajstić information content (AvgIpc) is 3.30. The second kappa shape index (κ2) is 8.98. The molecule has 0 radical (unpaired) electrons. The number of hydrogen-bond donors (Lipinski definition) is 2. The second-order valence-electron chi connectivity index (χ2n) is 7.09. The third-order valence-electron chi connectivity index (χ3n) is 5.07. The van der Waals surface area contributed by atoms with Gasteiger partial charge in [-0.15, -0.1) is 11.3 Å². The molecule has 0 saturated carbocycles. The van der Waals surface area contributed by atoms with Gasteiger partial charge < -0.3 is 15.1 Å². The Hall–Kier alpha value is -3.03. The lowest BCUT2D eigenvalue weighted by Crippen LogP contribution is -3.13. The molecule has 1 aromatic carbocycles. The molecule has 2 aromatic heterocycles. The Morgan fingerprint density at radius 2 is 1.86 bits per heavy atom. The van der Waals surface area contributed by atoms with E-state index in [2.05, 4.69) is 10.3 Å². The first-order valence-electron chi connectivity index (χ1n) is 9.66. The first-order chi connectivity index (χ1) is 14.2. The summed E-state index contributed by atoms with van der Waals surface area (Å²) in [6, 6.07) is 14.9. The summed E-state index contributed by atoms with van der Waals surface area (Å²) in [5, 5.41) is 4.73. The van der Waals surface area contributed by atoms with Gasteiger partial charge in [-0.25, -0.2) is 0 Å². The molecule has 0 spiro atoms. The molecule has 0 bridgehead atoms. The zero-order valence-electron chi connectivity index (χ0n) is 16.0. The fourth-order valence-corrected chi connectivity index (χ4v) is 4.12. The maximum atomic E-state index is 12.9. The number of rotatable bonds is 5. The molecule has 3 heterocycles. The van der Waals surface area contributed by atoms with Crippen molar-refractivity contribution in [2.45, 2.75) is 6.54 Å². The number of nitrogens with zero attached hydrogens (tertiary/aromatic N) is 2. The minimum atomic E-state index is -0.155. The SMILES string of the molecule is O=C(Nc1cccc(C(=O)N2CC[NH+](Cc3ccncc3)CC2)c1)c1cccs1. The minimum absolute atomic E-state index is 0.0141. The van der Waals surface area contributed by atoms with Gasteiger partial charge in [-0.3, -0.25) is 14.6 Å². The van der Waals surface area contributed by atoms with E-state index >= 15 is 0 Å². The lowest BCUT2D eigenvalue weighted by molar-refractivity contribution is -0.917. The highest BCUT2D eigenvalue weighted by Crippen LogP contribution is 2.16. The number of quaternary nitrogens is 1. The number of hydrogen-bond acceptors (Lipinski definition) is 4. The monoisotopic (exact) mass is 407 g/mol. The second-order valence-corrected chi connectivity index (χ2v) is 8.03. The summed E-state index contributed by atoms with van der Waals surface area (Å²) in [4.78, 5) is 33.2. The van der Waals surface area contributed by atoms with Gasteiger partial charge in [0.05, 0.1) is 31.1 Å². The molecule has 4 rings (SSSR count). The number of carbonyl (C=O) groups is 2. The molecule has 0 unspecified atom stereocenters. The van der Waals surface area contributed by atoms with Gasteiger partial charge in [0.1, 0.15) is 6.54 Å². The van der Waals surface area contributed by atoms with Gasteiger partial charge in [0.2, 0.25) is 0 Å². The van der Waals surface area contributed by atoms with E-state index in [1.54, 1.807) is 24.3 Å². The van der Waals surface area contributed by atoms with Crippen LogP contribution in [0.2, 0.25) is 0 Å². The summed E-state index contributed by atoms with van der Waals surface area (Å²) in [6.07, 6.45) is 3.64. The molecule has 1 aliphatic rings. The number of piperazine rings is 1. The van der Waals surface area contributed by atoms with E-state index in [0.717, 1.165) is 32.7 Å². The van der Waals surface area contributed by atoms with Crippen LogP contribution in [-0.2, 0) is 6.54 Å². The molecule has 2 amide bonds. The summed E-state index contributed by atoms with van der Waals surface area (Å²) in [5.74, 6) is -0.141. The topological polar surface area (TPSA) is 66.7 Å². The quantitative estimate of drug-likeness (QED) is 0.679. The van der Waals surface area contributed by atoms with Gasteiger partial charge in [-0.05, 0) is 41.8 Å². The van der Waals surface area contributed by atoms with Crippen LogP contribution < -0.4 is 10.2 Å². The lowest BCUT2D eigenvalue weighted by Gasteiger charge is -2.32. The predicted molar refractivity (Wildman–Crippen MR) is 113 cm³/mol. The zero-order valence-corrected chi connectivity index (χ0v) is 16.8. The van der Waals surface area contributed by atoms with Gasteiger partial charge in [0.15, 0.2) is 0 Å². The molecule has 0 atom stereocenters. The Kier molecular flexibility index (Phi) is 5.97. The summed E-state index contributed by atoms with van der Waals surface area (Å²) in [7, 11) is 0. The third kappa shape index (κ3) is 4.88. The molecule has 29 heavy (non-hydrogen) atoms. The summed E-state index contributed by atoms with van der Waals surface area (Å²) in [5.41, 5.74) is 2.51. The zero-order chi connectivity index (χ0) is 20.1. The van der Waals surface area contributed by atoms with Gasteiger partial charge in [-0.2, -0.15) is 0 Å². The van der Waals surface area contributed by atoms with E-state index in [1.165, 1.54) is 21.8 Å². The van der Waals surface area contributed by atoms with Crippen LogP contribution >= 0.6 is 11.3 Å². The Labute approximate surface area is 173 Å². The van der Waals surface area contributed by atoms with Crippen molar-refractivity contribution in [3.63, 3.8) is 0 Å². The van der Waals surface area contributed by atoms with Crippen molar-refractivity contribution in [1.82, 2.24) is 9.88 Å². The third-order valence-corrected chi connectivity index (χ3v) is 5.94. The van der Waals surface area contributed by atoms with E-state index in [0.29, 0.717) is 16.1 Å². The van der Waals surface area contributed by atoms with Crippen LogP contribution in [0, 0.1) is 0 Å². The Bertz CT molecular complexity index is 967. The number of thiophene rings is 1. The highest BCUT2D eigenvalue weighted by molar-refractivity contribution is 7.12. The molecule has 1 aliphatic heterocycles. The summed E-state index contributed by atoms with van der Waals surface area (Å²) >= 11 is 1.39. The molecule has 0 aliphatic carbocycles. The van der Waals surface area contributed by atoms with Crippen LogP contribution in [0.15, 0.2) is 66.3 Å². The Balaban J connectivity index is 1.34. The highest BCUT2D eigenvalue weighted by Gasteiger charge is 2.24. The van der Waals surface area contributed by atoms with Crippen LogP contribution in [0.25, 0.3) is 0 Å². The summed E-state index contributed by atoms with van der Waals surface area (Å²) < 4.78 is 0. The summed E-state index contributed by atoms with van der Waals surface area (Å²) in [6.45, 7) is 4.25. The number of benzene rings is 1. The van der Waals surface area contributed by atoms with Crippen molar-refractivity contribution >= 4 is 28.8 Å². The van der Waals surface area contributed by atoms with E-state index in [1.807, 2.05) is 46.9 Å². The number of amides is 2. The number of anilines is 1. The van der Waals surface area contributed by atoms with Crippen molar-refractivity contribution in [1.29, 1.82) is 0 Å². The largest absolute Gasteiger partial charge is 0.328 e. The van der Waals surface area contributed by atoms with Gasteiger partial charge >= 0.3 is 0 Å². The van der Waals surface area contributed by atoms with E-state index < -0.39 is 0 Å². The highest BCUT2D eigenvalue weighted by atomic mass is 32.1. The van der Waals surface area contributed by atoms with Crippen molar-refractivity contribution < 1.29 is 14.5 Å². The van der Waals surface area contributed by atoms with Crippen molar-refractivity contribution in [3.8, 4) is 0 Å². The van der Waals surface area contributed by atoms with Gasteiger partial charge in [-0.1, -0.05) is 12.1 Å². The number of pyridine rings is 1. The molecule has 1 saturated heterocycles. The smallest absolute Gasteiger partial charge is 0.265 e. The molecular weight excluding hydrogens is 384 g/mol. The standard InChI is InChI=1S/C22H22N4O2S/c27-21(20-5-2-14-29-20)24-19-4-1-3-18(15-19)22(28)26-12-10-25(11-13-26)16-17-6-8-23-9-7-17/h1-9,14-15H,10-13,16H2,(H,24,27)/p+1. The van der Waals surface area contributed by atoms with Crippen LogP contribution in [0.5, 0.6) is 0 Å². The molecule has 6 nitrogen and oxygen atoms in total. The van der Waals surface area contributed by atoms with Crippen LogP contribution in [-0.4, -0.2) is 47.9 Å². The van der Waals surface area contributed by atoms with Crippen LogP contribution in [0.4, 0.5) is 5.69 Å². The molecule has 7 heteroatoms. The number of nitrogens with one attached hydrogen (secondary N) is 2. The fraction of sp³-hybridized carbons (Fsp3) is 0.227. The van der Waals surface area contributed by atoms with E-state index in [9.17, 15) is 9.59 Å². The average molecular weight is 408 g/mol. The predicted octanol–water partition coefficient (Wildman–Crippen LogP) is 1.94. The minimum Gasteiger partial charge on any atom is -0.328 e. The van der Waals surface area contributed by atoms with E-state index in [-0.39, 0.29) is 11.8 Å². The Morgan fingerprint density at radius 3 is 2.59 bits per heavy atom. The van der Waals surface area contributed by atoms with Crippen LogP contribution in [0.1, 0.15) is 25.6 Å². The van der Waals surface area contributed by atoms with Crippen LogP contribution in [0.3, 0.4) is 0 Å². The lowest BCUT2D eigenvalue weighted by atomic mass is 10.1. The molecular formula is C22H23N4O2S+. The van der Waals surface area contributed by atoms with Crippen molar-refractivity contribution in [3.05, 3.63) is 82.3 Å². The van der Waals surface area contributed by atoms with Gasteiger partial charge in [0.25, 0.3) is 11.8 Å². The normalized spacial score (nSPS) is 14.6. The Morgan fingerprint density at radius 1 is 1.07 bits per heavy atom. The van der Waals surface area contributed by atoms with Crippen molar-refractivity contribution in [2.24, 2.45) is 0 Å². The van der Waals surface area contributed by atoms with Gasteiger partial charge in [0, 0.05) is 29.2 Å². The maximum absolute atomic E-state index is 12.9. The molecule has 3 aromatic rings. The fourth-order valence-electron chi connectivity index (χ4n) is 3.51. The molecule has 148 valence electrons. The molecule has 2 N–H and O–H groups in total.